The molecule has 0 saturated heterocycles. The van der Waals surface area contributed by atoms with Crippen molar-refractivity contribution in [2.24, 2.45) is 0 Å². The first kappa shape index (κ1) is 29.3. The number of hydrogen-bond donors (Lipinski definition) is 0. The third-order valence-electron chi connectivity index (χ3n) is 6.54. The molecular weight excluding hydrogens is 569 g/mol. The summed E-state index contributed by atoms with van der Waals surface area (Å²) in [6.45, 7) is 11.3. The van der Waals surface area contributed by atoms with Crippen LogP contribution in [0.15, 0.2) is 51.6 Å². The smallest absolute Gasteiger partial charge is 0.417 e. The van der Waals surface area contributed by atoms with Crippen LogP contribution in [-0.2, 0) is 27.0 Å². The Morgan fingerprint density at radius 2 is 1.78 bits per heavy atom. The van der Waals surface area contributed by atoms with E-state index in [2.05, 4.69) is 15.9 Å². The van der Waals surface area contributed by atoms with Crippen LogP contribution >= 0.6 is 15.9 Å². The van der Waals surface area contributed by atoms with Gasteiger partial charge in [0.2, 0.25) is 0 Å². The van der Waals surface area contributed by atoms with Gasteiger partial charge in [0.15, 0.2) is 14.4 Å². The van der Waals surface area contributed by atoms with Crippen molar-refractivity contribution in [1.29, 1.82) is 0 Å². The molecule has 3 rings (SSSR count). The van der Waals surface area contributed by atoms with E-state index in [1.54, 1.807) is 50.3 Å². The number of hydrogen-bond acceptors (Lipinski definition) is 5. The number of rotatable bonds is 9. The zero-order chi connectivity index (χ0) is 27.6. The maximum Gasteiger partial charge on any atom is 0.417 e. The average molecular weight is 602 g/mol. The molecule has 37 heavy (non-hydrogen) atoms. The number of alkyl halides is 3. The molecule has 0 N–H and O–H groups in total. The molecule has 1 aromatic heterocycles. The standard InChI is InChI=1S/C27H32BrF3O5Si/c1-7-33-23(32)12-17-10-8-9-11-22(17)34-15-18-16-35-24-20(18)13-19(28)14-21(24)25(27(29,30)31)36-37(5,6)26(2,3)4/h8-11,13-14,16,25H,7,12,15H2,1-6H3. The number of para-hydroxylation sites is 1. The molecule has 0 aliphatic carbocycles. The number of carbonyl (C=O) groups excluding carboxylic acids is 1. The molecular formula is C27H32BrF3O5Si. The maximum absolute atomic E-state index is 14.3. The van der Waals surface area contributed by atoms with Gasteiger partial charge in [-0.1, -0.05) is 54.9 Å². The molecule has 1 unspecified atom stereocenters. The average Bonchev–Trinajstić information content (AvgIpc) is 3.18. The summed E-state index contributed by atoms with van der Waals surface area (Å²) >= 11 is 3.36. The lowest BCUT2D eigenvalue weighted by Crippen LogP contribution is -2.44. The molecule has 202 valence electrons. The first-order valence-electron chi connectivity index (χ1n) is 11.9. The van der Waals surface area contributed by atoms with Crippen LogP contribution in [0.25, 0.3) is 11.0 Å². The van der Waals surface area contributed by atoms with Crippen molar-refractivity contribution in [3.05, 3.63) is 63.8 Å². The predicted molar refractivity (Wildman–Crippen MR) is 142 cm³/mol. The molecule has 0 fully saturated rings. The number of furan rings is 1. The summed E-state index contributed by atoms with van der Waals surface area (Å²) in [7, 11) is -2.78. The number of benzene rings is 2. The van der Waals surface area contributed by atoms with Crippen molar-refractivity contribution in [2.45, 2.75) is 71.1 Å². The van der Waals surface area contributed by atoms with Crippen LogP contribution in [0, 0.1) is 0 Å². The fourth-order valence-electron chi connectivity index (χ4n) is 3.58. The number of carbonyl (C=O) groups is 1. The quantitative estimate of drug-likeness (QED) is 0.182. The van der Waals surface area contributed by atoms with E-state index < -0.39 is 25.6 Å². The molecule has 1 heterocycles. The molecule has 0 bridgehead atoms. The van der Waals surface area contributed by atoms with E-state index in [1.807, 2.05) is 20.8 Å². The van der Waals surface area contributed by atoms with E-state index in [-0.39, 0.29) is 36.8 Å². The molecule has 3 aromatic rings. The first-order chi connectivity index (χ1) is 17.1. The fraction of sp³-hybridized carbons (Fsp3) is 0.444. The van der Waals surface area contributed by atoms with Crippen molar-refractivity contribution in [3.63, 3.8) is 0 Å². The third kappa shape index (κ3) is 6.97. The topological polar surface area (TPSA) is 57.9 Å². The Balaban J connectivity index is 1.96. The molecule has 1 atom stereocenters. The summed E-state index contributed by atoms with van der Waals surface area (Å²) in [6, 6.07) is 10.2. The van der Waals surface area contributed by atoms with Gasteiger partial charge in [0, 0.05) is 26.5 Å². The summed E-state index contributed by atoms with van der Waals surface area (Å²) in [5, 5.41) is 0.0705. The minimum atomic E-state index is -4.64. The van der Waals surface area contributed by atoms with E-state index >= 15 is 0 Å². The Morgan fingerprint density at radius 1 is 1.11 bits per heavy atom. The number of ether oxygens (including phenoxy) is 2. The Hall–Kier alpha value is -2.30. The van der Waals surface area contributed by atoms with Crippen molar-refractivity contribution in [3.8, 4) is 5.75 Å². The molecule has 0 aliphatic rings. The zero-order valence-corrected chi connectivity index (χ0v) is 24.4. The lowest BCUT2D eigenvalue weighted by Gasteiger charge is -2.39. The minimum Gasteiger partial charge on any atom is -0.488 e. The van der Waals surface area contributed by atoms with Crippen molar-refractivity contribution in [1.82, 2.24) is 0 Å². The summed E-state index contributed by atoms with van der Waals surface area (Å²) in [6.07, 6.45) is -5.34. The van der Waals surface area contributed by atoms with Crippen molar-refractivity contribution < 1.29 is 36.3 Å². The van der Waals surface area contributed by atoms with Gasteiger partial charge in [-0.05, 0) is 43.3 Å². The second kappa shape index (κ2) is 11.2. The highest BCUT2D eigenvalue weighted by atomic mass is 79.9. The molecule has 2 aromatic carbocycles. The zero-order valence-electron chi connectivity index (χ0n) is 21.8. The monoisotopic (exact) mass is 600 g/mol. The van der Waals surface area contributed by atoms with Gasteiger partial charge in [-0.15, -0.1) is 0 Å². The van der Waals surface area contributed by atoms with E-state index in [4.69, 9.17) is 18.3 Å². The molecule has 0 spiro atoms. The van der Waals surface area contributed by atoms with Gasteiger partial charge in [-0.25, -0.2) is 0 Å². The lowest BCUT2D eigenvalue weighted by molar-refractivity contribution is -0.201. The van der Waals surface area contributed by atoms with Gasteiger partial charge in [0.05, 0.1) is 19.3 Å². The molecule has 0 saturated carbocycles. The van der Waals surface area contributed by atoms with Gasteiger partial charge in [0.1, 0.15) is 17.9 Å². The second-order valence-corrected chi connectivity index (χ2v) is 16.0. The van der Waals surface area contributed by atoms with Crippen LogP contribution in [0.4, 0.5) is 13.2 Å². The van der Waals surface area contributed by atoms with Crippen LogP contribution in [-0.4, -0.2) is 27.1 Å². The second-order valence-electron chi connectivity index (χ2n) is 10.3. The number of fused-ring (bicyclic) bond motifs is 1. The van der Waals surface area contributed by atoms with E-state index in [0.717, 1.165) is 0 Å². The predicted octanol–water partition coefficient (Wildman–Crippen LogP) is 8.51. The number of esters is 1. The first-order valence-corrected chi connectivity index (χ1v) is 15.6. The Morgan fingerprint density at radius 3 is 2.41 bits per heavy atom. The Kier molecular flexibility index (Phi) is 8.86. The molecule has 5 nitrogen and oxygen atoms in total. The van der Waals surface area contributed by atoms with Crippen LogP contribution in [0.3, 0.4) is 0 Å². The lowest BCUT2D eigenvalue weighted by atomic mass is 10.0. The van der Waals surface area contributed by atoms with Gasteiger partial charge in [-0.3, -0.25) is 4.79 Å². The summed E-state index contributed by atoms with van der Waals surface area (Å²) < 4.78 is 66.1. The van der Waals surface area contributed by atoms with E-state index in [9.17, 15) is 18.0 Å². The van der Waals surface area contributed by atoms with Crippen LogP contribution in [0.1, 0.15) is 50.5 Å². The maximum atomic E-state index is 14.3. The van der Waals surface area contributed by atoms with Gasteiger partial charge in [-0.2, -0.15) is 13.2 Å². The van der Waals surface area contributed by atoms with E-state index in [1.165, 1.54) is 12.3 Å². The largest absolute Gasteiger partial charge is 0.488 e. The van der Waals surface area contributed by atoms with Gasteiger partial charge < -0.3 is 18.3 Å². The minimum absolute atomic E-state index is 0.0303. The van der Waals surface area contributed by atoms with Crippen LogP contribution < -0.4 is 4.74 Å². The molecule has 0 radical (unpaired) electrons. The SMILES string of the molecule is CCOC(=O)Cc1ccccc1OCc1coc2c(C(O[Si](C)(C)C(C)(C)C)C(F)(F)F)cc(Br)cc12. The summed E-state index contributed by atoms with van der Waals surface area (Å²) in [5.74, 6) is 0.107. The normalized spacial score (nSPS) is 13.6. The van der Waals surface area contributed by atoms with Crippen molar-refractivity contribution >= 4 is 41.2 Å². The Labute approximate surface area is 224 Å². The molecule has 0 aliphatic heterocycles. The summed E-state index contributed by atoms with van der Waals surface area (Å²) in [5.41, 5.74) is 1.23. The Bertz CT molecular complexity index is 1250. The highest BCUT2D eigenvalue weighted by Gasteiger charge is 2.49. The van der Waals surface area contributed by atoms with Crippen molar-refractivity contribution in [2.75, 3.05) is 6.61 Å². The molecule has 0 amide bonds. The van der Waals surface area contributed by atoms with Gasteiger partial charge in [0.25, 0.3) is 0 Å². The fourth-order valence-corrected chi connectivity index (χ4v) is 5.26. The van der Waals surface area contributed by atoms with E-state index in [0.29, 0.717) is 26.7 Å². The molecule has 10 heteroatoms. The summed E-state index contributed by atoms with van der Waals surface area (Å²) in [4.78, 5) is 12.0. The van der Waals surface area contributed by atoms with Crippen LogP contribution in [0.2, 0.25) is 18.1 Å². The van der Waals surface area contributed by atoms with Gasteiger partial charge >= 0.3 is 12.1 Å². The number of halogens is 4. The third-order valence-corrected chi connectivity index (χ3v) is 11.4. The highest BCUT2D eigenvalue weighted by Crippen LogP contribution is 2.47. The highest BCUT2D eigenvalue weighted by molar-refractivity contribution is 9.10. The van der Waals surface area contributed by atoms with Crippen LogP contribution in [0.5, 0.6) is 5.75 Å².